The zero-order chi connectivity index (χ0) is 41.9. The molecule has 0 radical (unpaired) electrons. The van der Waals surface area contributed by atoms with Crippen LogP contribution in [0.1, 0.15) is 22.9 Å². The largest absolute Gasteiger partial charge is 0.456 e. The van der Waals surface area contributed by atoms with Crippen LogP contribution < -0.4 is 0 Å². The third-order valence-corrected chi connectivity index (χ3v) is 13.2. The minimum atomic E-state index is -0.230. The molecule has 0 amide bonds. The first-order valence-electron chi connectivity index (χ1n) is 21.7. The summed E-state index contributed by atoms with van der Waals surface area (Å²) in [5.41, 5.74) is 15.0. The van der Waals surface area contributed by atoms with Gasteiger partial charge in [0.15, 0.2) is 5.82 Å². The smallest absolute Gasteiger partial charge is 0.238 e. The molecule has 9 aromatic carbocycles. The molecule has 64 heavy (non-hydrogen) atoms. The van der Waals surface area contributed by atoms with E-state index in [0.29, 0.717) is 17.6 Å². The van der Waals surface area contributed by atoms with E-state index in [1.807, 2.05) is 12.1 Å². The van der Waals surface area contributed by atoms with Crippen molar-refractivity contribution in [3.8, 4) is 45.3 Å². The molecule has 4 aromatic heterocycles. The first-order valence-corrected chi connectivity index (χ1v) is 21.7. The molecule has 13 aromatic rings. The van der Waals surface area contributed by atoms with Gasteiger partial charge in [-0.15, -0.1) is 0 Å². The Bertz CT molecular complexity index is 4030. The highest BCUT2D eigenvalue weighted by Gasteiger charge is 2.33. The maximum absolute atomic E-state index is 6.44. The molecule has 1 aliphatic rings. The number of fused-ring (bicyclic) bond motifs is 12. The van der Waals surface area contributed by atoms with Crippen molar-refractivity contribution in [2.75, 3.05) is 0 Å². The predicted molar refractivity (Wildman–Crippen MR) is 259 cm³/mol. The fourth-order valence-electron chi connectivity index (χ4n) is 10.4. The molecule has 1 aliphatic carbocycles. The van der Waals surface area contributed by atoms with Gasteiger partial charge in [0.2, 0.25) is 5.95 Å². The van der Waals surface area contributed by atoms with Gasteiger partial charge in [-0.05, 0) is 94.0 Å². The van der Waals surface area contributed by atoms with E-state index in [4.69, 9.17) is 19.4 Å². The molecule has 298 valence electrons. The van der Waals surface area contributed by atoms with Gasteiger partial charge in [-0.25, -0.2) is 4.98 Å². The quantitative estimate of drug-likeness (QED) is 0.174. The van der Waals surface area contributed by atoms with Gasteiger partial charge in [-0.1, -0.05) is 146 Å². The highest BCUT2D eigenvalue weighted by Crippen LogP contribution is 2.49. The highest BCUT2D eigenvalue weighted by atomic mass is 16.3. The molecular weight excluding hydrogens is 783 g/mol. The van der Waals surface area contributed by atoms with Crippen molar-refractivity contribution in [1.82, 2.24) is 24.1 Å². The van der Waals surface area contributed by atoms with Crippen LogP contribution in [0.15, 0.2) is 211 Å². The molecule has 0 fully saturated rings. The maximum Gasteiger partial charge on any atom is 0.238 e. The van der Waals surface area contributed by atoms with Crippen molar-refractivity contribution in [1.29, 1.82) is 0 Å². The summed E-state index contributed by atoms with van der Waals surface area (Å²) >= 11 is 0. The summed E-state index contributed by atoms with van der Waals surface area (Å²) < 4.78 is 11.0. The lowest BCUT2D eigenvalue weighted by atomic mass is 9.94. The van der Waals surface area contributed by atoms with E-state index in [-0.39, 0.29) is 5.92 Å². The van der Waals surface area contributed by atoms with E-state index in [9.17, 15) is 0 Å². The van der Waals surface area contributed by atoms with Gasteiger partial charge in [0.05, 0.1) is 28.0 Å². The molecule has 0 spiro atoms. The van der Waals surface area contributed by atoms with Crippen LogP contribution in [0.5, 0.6) is 0 Å². The molecule has 6 heteroatoms. The third kappa shape index (κ3) is 5.11. The number of aromatic nitrogens is 5. The Morgan fingerprint density at radius 3 is 1.80 bits per heavy atom. The maximum atomic E-state index is 6.44. The Morgan fingerprint density at radius 2 is 0.984 bits per heavy atom. The van der Waals surface area contributed by atoms with Gasteiger partial charge < -0.3 is 8.98 Å². The van der Waals surface area contributed by atoms with Crippen LogP contribution in [0, 0.1) is 0 Å². The second kappa shape index (κ2) is 13.4. The normalized spacial score (nSPS) is 13.5. The summed E-state index contributed by atoms with van der Waals surface area (Å²) in [6.07, 6.45) is 0. The summed E-state index contributed by atoms with van der Waals surface area (Å²) in [6, 6.07) is 73.2. The number of hydrogen-bond donors (Lipinski definition) is 0. The molecule has 0 aliphatic heterocycles. The first-order chi connectivity index (χ1) is 31.7. The van der Waals surface area contributed by atoms with Gasteiger partial charge in [-0.3, -0.25) is 4.57 Å². The van der Waals surface area contributed by atoms with Crippen molar-refractivity contribution in [2.45, 2.75) is 5.92 Å². The number of benzene rings is 9. The Balaban J connectivity index is 1.06. The Hall–Kier alpha value is -8.61. The van der Waals surface area contributed by atoms with Crippen molar-refractivity contribution >= 4 is 65.6 Å². The molecule has 0 bridgehead atoms. The minimum Gasteiger partial charge on any atom is -0.456 e. The highest BCUT2D eigenvalue weighted by molar-refractivity contribution is 6.19. The second-order valence-electron chi connectivity index (χ2n) is 16.7. The summed E-state index contributed by atoms with van der Waals surface area (Å²) in [7, 11) is 0. The summed E-state index contributed by atoms with van der Waals surface area (Å²) in [4.78, 5) is 16.5. The van der Waals surface area contributed by atoms with Gasteiger partial charge in [-0.2, -0.15) is 9.97 Å². The first kappa shape index (κ1) is 35.0. The number of nitrogens with zero attached hydrogens (tertiary/aromatic N) is 5. The standard InChI is InChI=1S/C58H35N5O/c1-3-15-35(16-4-1)36-27-30-45-46(31-36)39-19-7-8-23-44(39)55(45)57-59-56(37-28-29-43-42-22-11-14-26-53(42)64-54(43)32-37)60-58(61-57)63-50-25-13-10-21-41(50)48-33-47-40-20-9-12-24-49(40)62(51(47)34-52(48)63)38-17-5-2-6-18-38/h1-34,55H. The average Bonchev–Trinajstić information content (AvgIpc) is 4.09. The van der Waals surface area contributed by atoms with E-state index < -0.39 is 0 Å². The van der Waals surface area contributed by atoms with Crippen molar-refractivity contribution in [2.24, 2.45) is 0 Å². The number of furan rings is 1. The average molecular weight is 818 g/mol. The van der Waals surface area contributed by atoms with Crippen molar-refractivity contribution < 1.29 is 4.42 Å². The van der Waals surface area contributed by atoms with Crippen molar-refractivity contribution in [3.63, 3.8) is 0 Å². The van der Waals surface area contributed by atoms with Gasteiger partial charge in [0.25, 0.3) is 0 Å². The van der Waals surface area contributed by atoms with Gasteiger partial charge in [0, 0.05) is 43.6 Å². The van der Waals surface area contributed by atoms with E-state index in [0.717, 1.165) is 66.0 Å². The van der Waals surface area contributed by atoms with E-state index in [1.165, 1.54) is 44.2 Å². The lowest BCUT2D eigenvalue weighted by Crippen LogP contribution is -2.12. The van der Waals surface area contributed by atoms with Crippen LogP contribution in [-0.2, 0) is 0 Å². The summed E-state index contributed by atoms with van der Waals surface area (Å²) in [6.45, 7) is 0. The van der Waals surface area contributed by atoms with Crippen LogP contribution in [-0.4, -0.2) is 24.1 Å². The molecule has 4 heterocycles. The minimum absolute atomic E-state index is 0.230. The molecule has 0 saturated heterocycles. The van der Waals surface area contributed by atoms with Gasteiger partial charge >= 0.3 is 0 Å². The SMILES string of the molecule is c1ccc(-c2ccc3c(c2)-c2ccccc2C3c2nc(-c3ccc4c(c3)oc3ccccc34)nc(-n3c4ccccc4c4cc5c6ccccc6n(-c6ccccc6)c5cc43)n2)cc1. The van der Waals surface area contributed by atoms with E-state index in [1.54, 1.807) is 0 Å². The van der Waals surface area contributed by atoms with E-state index in [2.05, 4.69) is 203 Å². The molecule has 0 saturated carbocycles. The molecule has 14 rings (SSSR count). The Labute approximate surface area is 367 Å². The number of hydrogen-bond acceptors (Lipinski definition) is 4. The monoisotopic (exact) mass is 817 g/mol. The third-order valence-electron chi connectivity index (χ3n) is 13.2. The topological polar surface area (TPSA) is 61.7 Å². The summed E-state index contributed by atoms with van der Waals surface area (Å²) in [5, 5.41) is 6.81. The molecule has 6 nitrogen and oxygen atoms in total. The van der Waals surface area contributed by atoms with E-state index >= 15 is 0 Å². The van der Waals surface area contributed by atoms with Crippen molar-refractivity contribution in [3.05, 3.63) is 223 Å². The Kier molecular flexibility index (Phi) is 7.36. The fourth-order valence-corrected chi connectivity index (χ4v) is 10.4. The van der Waals surface area contributed by atoms with Crippen LogP contribution in [0.25, 0.3) is 111 Å². The molecular formula is C58H35N5O. The predicted octanol–water partition coefficient (Wildman–Crippen LogP) is 14.5. The lowest BCUT2D eigenvalue weighted by molar-refractivity contribution is 0.669. The lowest BCUT2D eigenvalue weighted by Gasteiger charge is -2.16. The summed E-state index contributed by atoms with van der Waals surface area (Å²) in [5.74, 6) is 1.60. The number of rotatable bonds is 5. The van der Waals surface area contributed by atoms with Crippen LogP contribution in [0.2, 0.25) is 0 Å². The zero-order valence-corrected chi connectivity index (χ0v) is 34.4. The Morgan fingerprint density at radius 1 is 0.359 bits per heavy atom. The van der Waals surface area contributed by atoms with Crippen LogP contribution >= 0.6 is 0 Å². The second-order valence-corrected chi connectivity index (χ2v) is 16.7. The zero-order valence-electron chi connectivity index (χ0n) is 34.4. The van der Waals surface area contributed by atoms with Gasteiger partial charge in [0.1, 0.15) is 17.0 Å². The molecule has 1 unspecified atom stereocenters. The van der Waals surface area contributed by atoms with Crippen LogP contribution in [0.4, 0.5) is 0 Å². The number of para-hydroxylation sites is 4. The molecule has 0 N–H and O–H groups in total. The fraction of sp³-hybridized carbons (Fsp3) is 0.0172. The van der Waals surface area contributed by atoms with Crippen LogP contribution in [0.3, 0.4) is 0 Å². The molecule has 1 atom stereocenters.